The van der Waals surface area contributed by atoms with Gasteiger partial charge in [-0.1, -0.05) is 35.9 Å². The van der Waals surface area contributed by atoms with Crippen LogP contribution in [0.2, 0.25) is 5.02 Å². The second-order valence-electron chi connectivity index (χ2n) is 6.20. The Bertz CT molecular complexity index is 1160. The fourth-order valence-corrected chi connectivity index (χ4v) is 3.78. The minimum atomic E-state index is -3.81. The highest BCUT2D eigenvalue weighted by Crippen LogP contribution is 2.26. The molecular formula is C22H19ClN2O4S. The molecule has 3 aromatic rings. The van der Waals surface area contributed by atoms with Gasteiger partial charge in [-0.2, -0.15) is 0 Å². The van der Waals surface area contributed by atoms with E-state index in [2.05, 4.69) is 10.0 Å². The number of anilines is 2. The SMILES string of the molecule is COc1ccccc1NS(=O)(=O)c1ccc(NC(=O)/C=C/c2ccc(Cl)cc2)cc1. The molecule has 0 aliphatic rings. The highest BCUT2D eigenvalue weighted by Gasteiger charge is 2.16. The van der Waals surface area contributed by atoms with Gasteiger partial charge in [0.25, 0.3) is 10.0 Å². The average Bonchev–Trinajstić information content (AvgIpc) is 2.74. The number of rotatable bonds is 7. The number of carbonyl (C=O) groups is 1. The normalized spacial score (nSPS) is 11.3. The van der Waals surface area contributed by atoms with Gasteiger partial charge in [-0.15, -0.1) is 0 Å². The number of ether oxygens (including phenoxy) is 1. The van der Waals surface area contributed by atoms with E-state index < -0.39 is 10.0 Å². The maximum atomic E-state index is 12.6. The van der Waals surface area contributed by atoms with Gasteiger partial charge in [0.05, 0.1) is 17.7 Å². The molecule has 0 bridgehead atoms. The lowest BCUT2D eigenvalue weighted by atomic mass is 10.2. The molecule has 6 nitrogen and oxygen atoms in total. The van der Waals surface area contributed by atoms with Crippen LogP contribution >= 0.6 is 11.6 Å². The number of carbonyl (C=O) groups excluding carboxylic acids is 1. The summed E-state index contributed by atoms with van der Waals surface area (Å²) in [5.41, 5.74) is 1.64. The third kappa shape index (κ3) is 5.62. The number of hydrogen-bond acceptors (Lipinski definition) is 4. The van der Waals surface area contributed by atoms with Crippen molar-refractivity contribution in [2.45, 2.75) is 4.90 Å². The van der Waals surface area contributed by atoms with Crippen molar-refractivity contribution < 1.29 is 17.9 Å². The Balaban J connectivity index is 1.66. The van der Waals surface area contributed by atoms with Gasteiger partial charge in [0.1, 0.15) is 5.75 Å². The molecule has 3 aromatic carbocycles. The Kier molecular flexibility index (Phi) is 6.76. The zero-order chi connectivity index (χ0) is 21.6. The van der Waals surface area contributed by atoms with Crippen LogP contribution < -0.4 is 14.8 Å². The lowest BCUT2D eigenvalue weighted by Gasteiger charge is -2.12. The zero-order valence-corrected chi connectivity index (χ0v) is 17.6. The number of nitrogens with one attached hydrogen (secondary N) is 2. The van der Waals surface area contributed by atoms with Crippen LogP contribution in [0, 0.1) is 0 Å². The highest BCUT2D eigenvalue weighted by atomic mass is 35.5. The van der Waals surface area contributed by atoms with Crippen molar-refractivity contribution in [1.82, 2.24) is 0 Å². The molecule has 2 N–H and O–H groups in total. The van der Waals surface area contributed by atoms with Crippen molar-refractivity contribution in [1.29, 1.82) is 0 Å². The minimum absolute atomic E-state index is 0.0584. The Morgan fingerprint density at radius 3 is 2.30 bits per heavy atom. The van der Waals surface area contributed by atoms with Crippen LogP contribution in [0.1, 0.15) is 5.56 Å². The van der Waals surface area contributed by atoms with Crippen LogP contribution in [-0.2, 0) is 14.8 Å². The summed E-state index contributed by atoms with van der Waals surface area (Å²) in [6, 6.07) is 19.6. The van der Waals surface area contributed by atoms with Crippen molar-refractivity contribution in [3.8, 4) is 5.75 Å². The molecular weight excluding hydrogens is 424 g/mol. The van der Waals surface area contributed by atoms with Crippen molar-refractivity contribution >= 4 is 45.0 Å². The summed E-state index contributed by atoms with van der Waals surface area (Å²) in [4.78, 5) is 12.1. The number of para-hydroxylation sites is 2. The summed E-state index contributed by atoms with van der Waals surface area (Å²) in [6.45, 7) is 0. The molecule has 154 valence electrons. The summed E-state index contributed by atoms with van der Waals surface area (Å²) >= 11 is 5.83. The van der Waals surface area contributed by atoms with Gasteiger partial charge in [0.15, 0.2) is 0 Å². The van der Waals surface area contributed by atoms with Gasteiger partial charge in [-0.3, -0.25) is 9.52 Å². The molecule has 3 rings (SSSR count). The molecule has 0 aliphatic heterocycles. The summed E-state index contributed by atoms with van der Waals surface area (Å²) in [5.74, 6) is 0.0742. The Hall–Kier alpha value is -3.29. The number of amides is 1. The smallest absolute Gasteiger partial charge is 0.262 e. The van der Waals surface area contributed by atoms with Gasteiger partial charge >= 0.3 is 0 Å². The molecule has 30 heavy (non-hydrogen) atoms. The van der Waals surface area contributed by atoms with E-state index in [9.17, 15) is 13.2 Å². The predicted molar refractivity (Wildman–Crippen MR) is 119 cm³/mol. The summed E-state index contributed by atoms with van der Waals surface area (Å²) in [5, 5.41) is 3.30. The molecule has 0 aromatic heterocycles. The number of hydrogen-bond donors (Lipinski definition) is 2. The molecule has 0 atom stereocenters. The summed E-state index contributed by atoms with van der Waals surface area (Å²) in [7, 11) is -2.34. The minimum Gasteiger partial charge on any atom is -0.495 e. The van der Waals surface area contributed by atoms with E-state index in [4.69, 9.17) is 16.3 Å². The topological polar surface area (TPSA) is 84.5 Å². The molecule has 0 unspecified atom stereocenters. The Morgan fingerprint density at radius 2 is 1.63 bits per heavy atom. The van der Waals surface area contributed by atoms with Crippen molar-refractivity contribution in [2.75, 3.05) is 17.1 Å². The number of halogens is 1. The maximum absolute atomic E-state index is 12.6. The van der Waals surface area contributed by atoms with E-state index in [1.807, 2.05) is 0 Å². The second-order valence-corrected chi connectivity index (χ2v) is 8.32. The van der Waals surface area contributed by atoms with Gasteiger partial charge in [-0.25, -0.2) is 8.42 Å². The van der Waals surface area contributed by atoms with Crippen LogP contribution in [0.15, 0.2) is 83.8 Å². The zero-order valence-electron chi connectivity index (χ0n) is 16.0. The average molecular weight is 443 g/mol. The van der Waals surface area contributed by atoms with E-state index in [1.54, 1.807) is 54.6 Å². The first-order valence-electron chi connectivity index (χ1n) is 8.88. The Morgan fingerprint density at radius 1 is 0.967 bits per heavy atom. The molecule has 0 fully saturated rings. The number of sulfonamides is 1. The largest absolute Gasteiger partial charge is 0.495 e. The first-order valence-corrected chi connectivity index (χ1v) is 10.7. The van der Waals surface area contributed by atoms with E-state index in [1.165, 1.54) is 37.5 Å². The molecule has 0 heterocycles. The van der Waals surface area contributed by atoms with Gasteiger partial charge in [0, 0.05) is 16.8 Å². The van der Waals surface area contributed by atoms with Crippen LogP contribution in [0.5, 0.6) is 5.75 Å². The summed E-state index contributed by atoms with van der Waals surface area (Å²) in [6.07, 6.45) is 3.04. The highest BCUT2D eigenvalue weighted by molar-refractivity contribution is 7.92. The van der Waals surface area contributed by atoms with Crippen LogP contribution in [-0.4, -0.2) is 21.4 Å². The van der Waals surface area contributed by atoms with Crippen LogP contribution in [0.4, 0.5) is 11.4 Å². The van der Waals surface area contributed by atoms with Crippen molar-refractivity contribution in [3.05, 3.63) is 89.5 Å². The standard InChI is InChI=1S/C22H19ClN2O4S/c1-29-21-5-3-2-4-20(21)25-30(27,28)19-13-11-18(12-14-19)24-22(26)15-8-16-6-9-17(23)10-7-16/h2-15,25H,1H3,(H,24,26)/b15-8+. The summed E-state index contributed by atoms with van der Waals surface area (Å²) < 4.78 is 32.9. The molecule has 0 saturated heterocycles. The first-order chi connectivity index (χ1) is 14.4. The van der Waals surface area contributed by atoms with Gasteiger partial charge in [-0.05, 0) is 60.2 Å². The molecule has 0 radical (unpaired) electrons. The lowest BCUT2D eigenvalue weighted by molar-refractivity contribution is -0.111. The third-order valence-electron chi connectivity index (χ3n) is 4.08. The molecule has 0 spiro atoms. The predicted octanol–water partition coefficient (Wildman–Crippen LogP) is 4.80. The van der Waals surface area contributed by atoms with Crippen LogP contribution in [0.25, 0.3) is 6.08 Å². The Labute approximate surface area is 180 Å². The van der Waals surface area contributed by atoms with Gasteiger partial charge < -0.3 is 10.1 Å². The monoisotopic (exact) mass is 442 g/mol. The fourth-order valence-electron chi connectivity index (χ4n) is 2.58. The lowest BCUT2D eigenvalue weighted by Crippen LogP contribution is -2.14. The van der Waals surface area contributed by atoms with E-state index in [0.29, 0.717) is 22.1 Å². The number of methoxy groups -OCH3 is 1. The fraction of sp³-hybridized carbons (Fsp3) is 0.0455. The van der Waals surface area contributed by atoms with Gasteiger partial charge in [0.2, 0.25) is 5.91 Å². The van der Waals surface area contributed by atoms with Crippen molar-refractivity contribution in [2.24, 2.45) is 0 Å². The molecule has 0 aliphatic carbocycles. The van der Waals surface area contributed by atoms with E-state index in [0.717, 1.165) is 5.56 Å². The quantitative estimate of drug-likeness (QED) is 0.514. The molecule has 1 amide bonds. The number of benzene rings is 3. The first kappa shape index (κ1) is 21.4. The molecule has 0 saturated carbocycles. The van der Waals surface area contributed by atoms with Crippen molar-refractivity contribution in [3.63, 3.8) is 0 Å². The maximum Gasteiger partial charge on any atom is 0.262 e. The molecule has 8 heteroatoms. The van der Waals surface area contributed by atoms with E-state index in [-0.39, 0.29) is 10.8 Å². The van der Waals surface area contributed by atoms with E-state index >= 15 is 0 Å². The van der Waals surface area contributed by atoms with Crippen LogP contribution in [0.3, 0.4) is 0 Å². The third-order valence-corrected chi connectivity index (χ3v) is 5.71. The second kappa shape index (κ2) is 9.47.